The van der Waals surface area contributed by atoms with E-state index in [2.05, 4.69) is 0 Å². The lowest BCUT2D eigenvalue weighted by Gasteiger charge is -2.21. The van der Waals surface area contributed by atoms with Gasteiger partial charge in [0.15, 0.2) is 0 Å². The lowest BCUT2D eigenvalue weighted by molar-refractivity contribution is -0.138. The van der Waals surface area contributed by atoms with Gasteiger partial charge in [0.25, 0.3) is 5.91 Å². The number of nitrogens with zero attached hydrogens (tertiary/aromatic N) is 2. The Morgan fingerprint density at radius 1 is 0.889 bits per heavy atom. The smallest absolute Gasteiger partial charge is 0.340 e. The Balaban J connectivity index is 1.48. The Kier molecular flexibility index (Phi) is 9.65. The highest BCUT2D eigenvalue weighted by molar-refractivity contribution is 7.89. The van der Waals surface area contributed by atoms with Crippen molar-refractivity contribution in [3.8, 4) is 0 Å². The predicted molar refractivity (Wildman–Crippen MR) is 174 cm³/mol. The van der Waals surface area contributed by atoms with Crippen molar-refractivity contribution in [1.82, 2.24) is 4.31 Å². The molecule has 1 aromatic heterocycles. The van der Waals surface area contributed by atoms with Crippen molar-refractivity contribution in [2.75, 3.05) is 11.5 Å². The molecule has 0 saturated carbocycles. The van der Waals surface area contributed by atoms with Crippen LogP contribution in [0.3, 0.4) is 0 Å². The maximum Gasteiger partial charge on any atom is 0.340 e. The number of rotatable bonds is 10. The largest absolute Gasteiger partial charge is 0.462 e. The molecule has 0 spiro atoms. The number of esters is 1. The van der Waals surface area contributed by atoms with Crippen LogP contribution in [0.2, 0.25) is 10.0 Å². The van der Waals surface area contributed by atoms with Crippen molar-refractivity contribution in [2.24, 2.45) is 0 Å². The van der Waals surface area contributed by atoms with Gasteiger partial charge in [0, 0.05) is 28.0 Å². The number of furan rings is 1. The van der Waals surface area contributed by atoms with Gasteiger partial charge in [-0.15, -0.1) is 0 Å². The summed E-state index contributed by atoms with van der Waals surface area (Å²) in [6.45, 7) is 5.43. The second-order valence-corrected chi connectivity index (χ2v) is 13.2. The monoisotopic (exact) mass is 664 g/mol. The summed E-state index contributed by atoms with van der Waals surface area (Å²) in [5.41, 5.74) is 2.99. The number of aryl methyl sites for hydroxylation is 1. The number of benzene rings is 3. The van der Waals surface area contributed by atoms with Gasteiger partial charge in [-0.1, -0.05) is 53.0 Å². The standard InChI is InChI=1S/C34H30Cl2N2O6S/c1-4-43-34(40)32-23(3)38(27-13-9-25(35)10-14-27)33(39)31(32)19-28-15-16-29(44-28)21-37(20-24-7-5-22(2)6-8-24)45(41,42)30-17-11-26(36)12-18-30/h5-19H,4,20-21H2,1-3H3/b31-19+. The molecule has 0 radical (unpaired) electrons. The number of allylic oxidation sites excluding steroid dienone is 1. The fourth-order valence-corrected chi connectivity index (χ4v) is 6.58. The number of carbonyl (C=O) groups excluding carboxylic acids is 2. The molecule has 0 fully saturated rings. The Bertz CT molecular complexity index is 1900. The lowest BCUT2D eigenvalue weighted by atomic mass is 10.1. The number of hydrogen-bond acceptors (Lipinski definition) is 6. The first-order valence-electron chi connectivity index (χ1n) is 14.1. The van der Waals surface area contributed by atoms with E-state index >= 15 is 0 Å². The number of ether oxygens (including phenoxy) is 1. The molecule has 0 bridgehead atoms. The summed E-state index contributed by atoms with van der Waals surface area (Å²) in [6, 6.07) is 23.5. The number of anilines is 1. The normalized spacial score (nSPS) is 14.6. The highest BCUT2D eigenvalue weighted by Gasteiger charge is 2.38. The molecule has 0 unspecified atom stereocenters. The van der Waals surface area contributed by atoms with E-state index in [0.717, 1.165) is 11.1 Å². The van der Waals surface area contributed by atoms with E-state index in [4.69, 9.17) is 32.4 Å². The molecule has 8 nitrogen and oxygen atoms in total. The molecule has 0 aliphatic carbocycles. The quantitative estimate of drug-likeness (QED) is 0.128. The van der Waals surface area contributed by atoms with Crippen LogP contribution in [0.25, 0.3) is 6.08 Å². The summed E-state index contributed by atoms with van der Waals surface area (Å²) >= 11 is 12.1. The van der Waals surface area contributed by atoms with E-state index in [-0.39, 0.29) is 41.5 Å². The van der Waals surface area contributed by atoms with Gasteiger partial charge in [-0.25, -0.2) is 13.2 Å². The Labute approximate surface area is 272 Å². The molecular formula is C34H30Cl2N2O6S. The van der Waals surface area contributed by atoms with Crippen LogP contribution in [0.4, 0.5) is 5.69 Å². The molecule has 1 amide bonds. The molecule has 2 heterocycles. The summed E-state index contributed by atoms with van der Waals surface area (Å²) < 4.78 is 40.2. The van der Waals surface area contributed by atoms with E-state index in [1.54, 1.807) is 50.2 Å². The molecule has 1 aliphatic rings. The van der Waals surface area contributed by atoms with E-state index in [1.165, 1.54) is 39.5 Å². The van der Waals surface area contributed by atoms with Crippen LogP contribution < -0.4 is 4.90 Å². The van der Waals surface area contributed by atoms with Gasteiger partial charge < -0.3 is 9.15 Å². The molecular weight excluding hydrogens is 635 g/mol. The number of hydrogen-bond donors (Lipinski definition) is 0. The highest BCUT2D eigenvalue weighted by atomic mass is 35.5. The van der Waals surface area contributed by atoms with Crippen molar-refractivity contribution in [1.29, 1.82) is 0 Å². The van der Waals surface area contributed by atoms with E-state index in [0.29, 0.717) is 27.2 Å². The van der Waals surface area contributed by atoms with Gasteiger partial charge in [0.2, 0.25) is 10.0 Å². The van der Waals surface area contributed by atoms with E-state index in [9.17, 15) is 18.0 Å². The fourth-order valence-electron chi connectivity index (χ4n) is 4.93. The van der Waals surface area contributed by atoms with Crippen LogP contribution in [0.5, 0.6) is 0 Å². The first-order chi connectivity index (χ1) is 21.5. The second-order valence-electron chi connectivity index (χ2n) is 10.4. The zero-order valence-electron chi connectivity index (χ0n) is 24.8. The molecule has 4 aromatic rings. The minimum absolute atomic E-state index is 0.0891. The SMILES string of the molecule is CCOC(=O)C1=C(C)N(c2ccc(Cl)cc2)C(=O)/C1=C/c1ccc(CN(Cc2ccc(C)cc2)S(=O)(=O)c2ccc(Cl)cc2)o1. The summed E-state index contributed by atoms with van der Waals surface area (Å²) in [7, 11) is -3.96. The minimum atomic E-state index is -3.96. The number of halogens is 2. The van der Waals surface area contributed by atoms with Crippen molar-refractivity contribution < 1.29 is 27.2 Å². The molecule has 0 atom stereocenters. The topological polar surface area (TPSA) is 97.1 Å². The molecule has 45 heavy (non-hydrogen) atoms. The lowest BCUT2D eigenvalue weighted by Crippen LogP contribution is -2.30. The summed E-state index contributed by atoms with van der Waals surface area (Å²) in [4.78, 5) is 28.2. The third-order valence-corrected chi connectivity index (χ3v) is 9.51. The van der Waals surface area contributed by atoms with Gasteiger partial charge in [0.05, 0.1) is 29.2 Å². The highest BCUT2D eigenvalue weighted by Crippen LogP contribution is 2.36. The molecule has 0 N–H and O–H groups in total. The maximum absolute atomic E-state index is 13.8. The maximum atomic E-state index is 13.8. The molecule has 232 valence electrons. The molecule has 3 aromatic carbocycles. The van der Waals surface area contributed by atoms with Crippen LogP contribution in [0.1, 0.15) is 36.5 Å². The molecule has 1 aliphatic heterocycles. The first kappa shape index (κ1) is 32.2. The van der Waals surface area contributed by atoms with Gasteiger partial charge in [-0.3, -0.25) is 9.69 Å². The van der Waals surface area contributed by atoms with Crippen molar-refractivity contribution >= 4 is 56.9 Å². The van der Waals surface area contributed by atoms with Crippen molar-refractivity contribution in [3.63, 3.8) is 0 Å². The zero-order valence-corrected chi connectivity index (χ0v) is 27.1. The summed E-state index contributed by atoms with van der Waals surface area (Å²) in [5.74, 6) is -0.483. The third kappa shape index (κ3) is 7.07. The zero-order chi connectivity index (χ0) is 32.3. The van der Waals surface area contributed by atoms with Crippen LogP contribution in [0.15, 0.2) is 111 Å². The van der Waals surface area contributed by atoms with Crippen LogP contribution in [-0.2, 0) is 37.4 Å². The average Bonchev–Trinajstić information content (AvgIpc) is 3.55. The average molecular weight is 666 g/mol. The summed E-state index contributed by atoms with van der Waals surface area (Å²) in [6.07, 6.45) is 1.47. The third-order valence-electron chi connectivity index (χ3n) is 7.20. The molecule has 5 rings (SSSR count). The Morgan fingerprint density at radius 3 is 2.13 bits per heavy atom. The van der Waals surface area contributed by atoms with Crippen molar-refractivity contribution in [2.45, 2.75) is 38.8 Å². The number of amides is 1. The molecule has 0 saturated heterocycles. The Morgan fingerprint density at radius 2 is 1.51 bits per heavy atom. The van der Waals surface area contributed by atoms with Crippen LogP contribution in [0, 0.1) is 6.92 Å². The molecule has 11 heteroatoms. The van der Waals surface area contributed by atoms with Gasteiger partial charge in [-0.05, 0) is 93.1 Å². The second kappa shape index (κ2) is 13.5. The summed E-state index contributed by atoms with van der Waals surface area (Å²) in [5, 5.41) is 0.927. The van der Waals surface area contributed by atoms with Gasteiger partial charge >= 0.3 is 5.97 Å². The van der Waals surface area contributed by atoms with Crippen LogP contribution >= 0.6 is 23.2 Å². The van der Waals surface area contributed by atoms with Crippen molar-refractivity contribution in [3.05, 3.63) is 134 Å². The predicted octanol–water partition coefficient (Wildman–Crippen LogP) is 7.55. The minimum Gasteiger partial charge on any atom is -0.462 e. The van der Waals surface area contributed by atoms with E-state index in [1.807, 2.05) is 31.2 Å². The Hall–Kier alpha value is -4.15. The first-order valence-corrected chi connectivity index (χ1v) is 16.3. The van der Waals surface area contributed by atoms with Crippen LogP contribution in [-0.4, -0.2) is 31.2 Å². The number of sulfonamides is 1. The van der Waals surface area contributed by atoms with E-state index < -0.39 is 21.9 Å². The fraction of sp³-hybridized carbons (Fsp3) is 0.176. The van der Waals surface area contributed by atoms with Gasteiger partial charge in [0.1, 0.15) is 11.5 Å². The number of carbonyl (C=O) groups is 2. The van der Waals surface area contributed by atoms with Gasteiger partial charge in [-0.2, -0.15) is 4.31 Å².